The van der Waals surface area contributed by atoms with Crippen molar-refractivity contribution in [1.82, 2.24) is 24.9 Å². The van der Waals surface area contributed by atoms with Crippen LogP contribution >= 0.6 is 23.1 Å². The molecule has 1 atom stereocenters. The van der Waals surface area contributed by atoms with Gasteiger partial charge in [0.2, 0.25) is 17.7 Å². The van der Waals surface area contributed by atoms with Crippen molar-refractivity contribution >= 4 is 29.0 Å². The van der Waals surface area contributed by atoms with E-state index in [4.69, 9.17) is 9.26 Å². The number of thioether (sulfide) groups is 1. The van der Waals surface area contributed by atoms with Crippen molar-refractivity contribution in [3.8, 4) is 11.4 Å². The number of nitrogens with zero attached hydrogens (tertiary/aromatic N) is 6. The Labute approximate surface area is 184 Å². The first-order valence-electron chi connectivity index (χ1n) is 10.5. The minimum Gasteiger partial charge on any atom is -0.376 e. The minimum atomic E-state index is 0.233. The number of anilines is 1. The summed E-state index contributed by atoms with van der Waals surface area (Å²) in [6, 6.07) is 2.00. The normalized spacial score (nSPS) is 20.3. The molecule has 10 heteroatoms. The first-order valence-corrected chi connectivity index (χ1v) is 12.5. The van der Waals surface area contributed by atoms with Crippen molar-refractivity contribution < 1.29 is 9.26 Å². The lowest BCUT2D eigenvalue weighted by Crippen LogP contribution is -2.35. The molecule has 0 aromatic carbocycles. The van der Waals surface area contributed by atoms with Crippen molar-refractivity contribution in [1.29, 1.82) is 0 Å². The molecular weight excluding hydrogens is 420 g/mol. The Balaban J connectivity index is 1.32. The minimum absolute atomic E-state index is 0.233. The van der Waals surface area contributed by atoms with Gasteiger partial charge in [-0.2, -0.15) is 16.3 Å². The van der Waals surface area contributed by atoms with E-state index in [-0.39, 0.29) is 6.10 Å². The van der Waals surface area contributed by atoms with Crippen LogP contribution in [0.4, 0.5) is 5.95 Å². The number of piperidine rings is 1. The van der Waals surface area contributed by atoms with Crippen LogP contribution in [0.5, 0.6) is 0 Å². The highest BCUT2D eigenvalue weighted by Gasteiger charge is 2.26. The number of thiophene rings is 1. The van der Waals surface area contributed by atoms with Gasteiger partial charge in [-0.05, 0) is 43.0 Å². The van der Waals surface area contributed by atoms with Crippen LogP contribution in [0.1, 0.15) is 38.5 Å². The summed E-state index contributed by atoms with van der Waals surface area (Å²) in [5.74, 6) is 3.54. The Hall–Kier alpha value is -1.91. The molecule has 8 nitrogen and oxygen atoms in total. The van der Waals surface area contributed by atoms with Crippen molar-refractivity contribution in [3.05, 3.63) is 22.7 Å². The van der Waals surface area contributed by atoms with Crippen molar-refractivity contribution in [2.75, 3.05) is 24.6 Å². The molecular formula is C20H26N6O2S2. The summed E-state index contributed by atoms with van der Waals surface area (Å²) in [7, 11) is 0. The molecule has 3 aromatic heterocycles. The zero-order valence-electron chi connectivity index (χ0n) is 17.1. The average molecular weight is 447 g/mol. The summed E-state index contributed by atoms with van der Waals surface area (Å²) >= 11 is 3.22. The molecule has 0 spiro atoms. The third-order valence-electron chi connectivity index (χ3n) is 5.75. The summed E-state index contributed by atoms with van der Waals surface area (Å²) in [5, 5.41) is 18.1. The molecule has 0 N–H and O–H groups in total. The van der Waals surface area contributed by atoms with Gasteiger partial charge in [0.15, 0.2) is 5.16 Å². The van der Waals surface area contributed by atoms with Gasteiger partial charge >= 0.3 is 0 Å². The maximum atomic E-state index is 5.90. The zero-order valence-corrected chi connectivity index (χ0v) is 18.7. The Kier molecular flexibility index (Phi) is 6.05. The van der Waals surface area contributed by atoms with Crippen LogP contribution in [-0.4, -0.2) is 50.7 Å². The van der Waals surface area contributed by atoms with Crippen LogP contribution in [0.15, 0.2) is 26.5 Å². The van der Waals surface area contributed by atoms with Gasteiger partial charge in [-0.1, -0.05) is 23.8 Å². The maximum Gasteiger partial charge on any atom is 0.237 e. The monoisotopic (exact) mass is 446 g/mol. The molecule has 0 radical (unpaired) electrons. The summed E-state index contributed by atoms with van der Waals surface area (Å²) in [4.78, 5) is 6.89. The van der Waals surface area contributed by atoms with Gasteiger partial charge in [-0.25, -0.2) is 0 Å². The molecule has 2 aliphatic rings. The molecule has 160 valence electrons. The van der Waals surface area contributed by atoms with E-state index in [0.29, 0.717) is 17.5 Å². The number of hydrogen-bond acceptors (Lipinski definition) is 9. The van der Waals surface area contributed by atoms with Crippen LogP contribution in [0.2, 0.25) is 0 Å². The molecule has 3 aromatic rings. The summed E-state index contributed by atoms with van der Waals surface area (Å²) in [6.07, 6.45) is 4.84. The highest BCUT2D eigenvalue weighted by Crippen LogP contribution is 2.30. The average Bonchev–Trinajstić information content (AvgIpc) is 3.55. The van der Waals surface area contributed by atoms with Crippen LogP contribution in [0, 0.1) is 5.92 Å². The third kappa shape index (κ3) is 4.40. The molecule has 2 saturated heterocycles. The summed E-state index contributed by atoms with van der Waals surface area (Å²) < 4.78 is 13.6. The number of hydrogen-bond donors (Lipinski definition) is 0. The van der Waals surface area contributed by atoms with Gasteiger partial charge in [0, 0.05) is 30.6 Å². The molecule has 0 unspecified atom stereocenters. The molecule has 0 amide bonds. The van der Waals surface area contributed by atoms with E-state index in [1.54, 1.807) is 23.1 Å². The lowest BCUT2D eigenvalue weighted by atomic mass is 10.00. The van der Waals surface area contributed by atoms with Gasteiger partial charge in [-0.3, -0.25) is 4.57 Å². The van der Waals surface area contributed by atoms with Gasteiger partial charge in [0.1, 0.15) is 0 Å². The maximum absolute atomic E-state index is 5.90. The molecule has 2 fully saturated rings. The van der Waals surface area contributed by atoms with E-state index in [1.807, 2.05) is 16.8 Å². The summed E-state index contributed by atoms with van der Waals surface area (Å²) in [6.45, 7) is 6.02. The van der Waals surface area contributed by atoms with E-state index in [9.17, 15) is 0 Å². The van der Waals surface area contributed by atoms with E-state index >= 15 is 0 Å². The van der Waals surface area contributed by atoms with Crippen LogP contribution in [0.3, 0.4) is 0 Å². The van der Waals surface area contributed by atoms with Gasteiger partial charge < -0.3 is 14.2 Å². The quantitative estimate of drug-likeness (QED) is 0.502. The van der Waals surface area contributed by atoms with Gasteiger partial charge in [0.05, 0.1) is 18.4 Å². The SMILES string of the molecule is CC1CCN(c2nnc(SCc3nc(-c4ccsc4)no3)n2C[C@@H]2CCCO2)CC1. The first-order chi connectivity index (χ1) is 14.8. The molecule has 2 aliphatic heterocycles. The predicted molar refractivity (Wildman–Crippen MR) is 117 cm³/mol. The second-order valence-electron chi connectivity index (χ2n) is 8.01. The smallest absolute Gasteiger partial charge is 0.237 e. The van der Waals surface area contributed by atoms with Crippen LogP contribution in [-0.2, 0) is 17.0 Å². The van der Waals surface area contributed by atoms with Crippen molar-refractivity contribution in [2.45, 2.75) is 56.2 Å². The highest BCUT2D eigenvalue weighted by atomic mass is 32.2. The molecule has 0 bridgehead atoms. The second-order valence-corrected chi connectivity index (χ2v) is 9.73. The van der Waals surface area contributed by atoms with Crippen molar-refractivity contribution in [3.63, 3.8) is 0 Å². The number of ether oxygens (including phenoxy) is 1. The number of aromatic nitrogens is 5. The predicted octanol–water partition coefficient (Wildman–Crippen LogP) is 4.10. The topological polar surface area (TPSA) is 82.1 Å². The fraction of sp³-hybridized carbons (Fsp3) is 0.600. The molecule has 30 heavy (non-hydrogen) atoms. The van der Waals surface area contributed by atoms with E-state index in [0.717, 1.165) is 61.7 Å². The largest absolute Gasteiger partial charge is 0.376 e. The fourth-order valence-corrected chi connectivity index (χ4v) is 5.35. The zero-order chi connectivity index (χ0) is 20.3. The van der Waals surface area contributed by atoms with E-state index in [1.165, 1.54) is 12.8 Å². The molecule has 5 heterocycles. The number of rotatable bonds is 7. The summed E-state index contributed by atoms with van der Waals surface area (Å²) in [5.41, 5.74) is 0.989. The third-order valence-corrected chi connectivity index (χ3v) is 7.38. The van der Waals surface area contributed by atoms with Crippen LogP contribution < -0.4 is 4.90 Å². The molecule has 5 rings (SSSR count). The standard InChI is InChI=1S/C20H26N6O2S2/c1-14-4-7-25(8-5-14)19-22-23-20(26(19)11-16-3-2-9-27-16)30-13-17-21-18(24-28-17)15-6-10-29-12-15/h6,10,12,14,16H,2-5,7-9,11,13H2,1H3/t16-/m0/s1. The Morgan fingerprint density at radius 2 is 2.13 bits per heavy atom. The van der Waals surface area contributed by atoms with Crippen molar-refractivity contribution in [2.24, 2.45) is 5.92 Å². The Bertz CT molecular complexity index is 943. The highest BCUT2D eigenvalue weighted by molar-refractivity contribution is 7.98. The molecule has 0 aliphatic carbocycles. The second kappa shape index (κ2) is 9.07. The molecule has 0 saturated carbocycles. The fourth-order valence-electron chi connectivity index (χ4n) is 3.93. The van der Waals surface area contributed by atoms with Gasteiger partial charge in [0.25, 0.3) is 0 Å². The Morgan fingerprint density at radius 1 is 1.23 bits per heavy atom. The Morgan fingerprint density at radius 3 is 2.90 bits per heavy atom. The van der Waals surface area contributed by atoms with E-state index < -0.39 is 0 Å². The lowest BCUT2D eigenvalue weighted by Gasteiger charge is -2.31. The lowest BCUT2D eigenvalue weighted by molar-refractivity contribution is 0.0951. The van der Waals surface area contributed by atoms with Gasteiger partial charge in [-0.15, -0.1) is 10.2 Å². The van der Waals surface area contributed by atoms with Crippen LogP contribution in [0.25, 0.3) is 11.4 Å². The van der Waals surface area contributed by atoms with E-state index in [2.05, 4.69) is 36.7 Å². The first kappa shape index (κ1) is 20.0.